The van der Waals surface area contributed by atoms with Crippen molar-refractivity contribution in [1.82, 2.24) is 9.55 Å². The lowest BCUT2D eigenvalue weighted by atomic mass is 10.1. The van der Waals surface area contributed by atoms with E-state index >= 15 is 0 Å². The molecule has 0 aliphatic carbocycles. The highest BCUT2D eigenvalue weighted by Crippen LogP contribution is 2.31. The molecular formula is C20H23N6O8P. The molecule has 0 amide bonds. The Bertz CT molecular complexity index is 1230. The van der Waals surface area contributed by atoms with Gasteiger partial charge in [-0.25, -0.2) is 9.59 Å². The third kappa shape index (κ3) is 7.06. The number of hydrogen-bond donors (Lipinski definition) is 1. The first-order valence-electron chi connectivity index (χ1n) is 10.4. The molecule has 186 valence electrons. The van der Waals surface area contributed by atoms with Crippen LogP contribution in [0.25, 0.3) is 10.4 Å². The molecular weight excluding hydrogens is 483 g/mol. The van der Waals surface area contributed by atoms with Crippen LogP contribution in [-0.4, -0.2) is 47.4 Å². The van der Waals surface area contributed by atoms with Crippen LogP contribution in [0.5, 0.6) is 0 Å². The highest BCUT2D eigenvalue weighted by molar-refractivity contribution is 7.33. The number of rotatable bonds is 10. The van der Waals surface area contributed by atoms with Gasteiger partial charge in [0.25, 0.3) is 5.56 Å². The number of benzene rings is 1. The van der Waals surface area contributed by atoms with E-state index in [2.05, 4.69) is 19.8 Å². The summed E-state index contributed by atoms with van der Waals surface area (Å²) in [6, 6.07) is 7.17. The quantitative estimate of drug-likeness (QED) is 0.0950. The third-order valence-electron chi connectivity index (χ3n) is 5.19. The lowest BCUT2D eigenvalue weighted by molar-refractivity contribution is -0.275. The first-order valence-corrected chi connectivity index (χ1v) is 11.6. The Morgan fingerprint density at radius 2 is 2.14 bits per heavy atom. The van der Waals surface area contributed by atoms with Crippen LogP contribution in [0.4, 0.5) is 0 Å². The van der Waals surface area contributed by atoms with Crippen LogP contribution in [0.3, 0.4) is 0 Å². The average molecular weight is 506 g/mol. The number of esters is 1. The number of nitrogens with zero attached hydrogens (tertiary/aromatic N) is 5. The third-order valence-corrected chi connectivity index (χ3v) is 5.89. The van der Waals surface area contributed by atoms with Crippen molar-refractivity contribution < 1.29 is 28.7 Å². The fourth-order valence-corrected chi connectivity index (χ4v) is 4.04. The molecule has 1 N–H and O–H groups in total. The van der Waals surface area contributed by atoms with E-state index in [-0.39, 0.29) is 19.4 Å². The number of ether oxygens (including phenoxy) is 2. The number of carbonyl (C=O) groups is 1. The van der Waals surface area contributed by atoms with Gasteiger partial charge in [0.2, 0.25) is 0 Å². The summed E-state index contributed by atoms with van der Waals surface area (Å²) in [6.07, 6.45) is -0.0674. The molecule has 1 aromatic heterocycles. The minimum absolute atomic E-state index is 0.126. The fraction of sp³-hybridized carbons (Fsp3) is 0.450. The summed E-state index contributed by atoms with van der Waals surface area (Å²) in [7, 11) is -1.57. The number of azide groups is 1. The number of carbonyl (C=O) groups excluding carboxylic acids is 1. The maximum absolute atomic E-state index is 12.3. The lowest BCUT2D eigenvalue weighted by Gasteiger charge is -2.15. The highest BCUT2D eigenvalue weighted by Gasteiger charge is 2.37. The Morgan fingerprint density at radius 1 is 1.40 bits per heavy atom. The Balaban J connectivity index is 1.64. The smallest absolute Gasteiger partial charge is 0.382 e. The van der Waals surface area contributed by atoms with Crippen molar-refractivity contribution in [2.45, 2.75) is 44.2 Å². The molecule has 14 nitrogen and oxygen atoms in total. The zero-order valence-electron chi connectivity index (χ0n) is 18.8. The van der Waals surface area contributed by atoms with Gasteiger partial charge in [0.05, 0.1) is 19.3 Å². The van der Waals surface area contributed by atoms with Crippen LogP contribution in [0, 0.1) is 6.92 Å². The fourth-order valence-electron chi connectivity index (χ4n) is 3.44. The molecule has 1 saturated heterocycles. The predicted octanol–water partition coefficient (Wildman–Crippen LogP) is 1.40. The molecule has 0 spiro atoms. The molecule has 0 radical (unpaired) electrons. The maximum atomic E-state index is 12.3. The minimum Gasteiger partial charge on any atom is -0.581 e. The van der Waals surface area contributed by atoms with Crippen LogP contribution in [-0.2, 0) is 30.3 Å². The Hall–Kier alpha value is -3.38. The molecule has 1 fully saturated rings. The number of hydrogen-bond acceptors (Lipinski definition) is 10. The molecule has 5 atom stereocenters. The van der Waals surface area contributed by atoms with Crippen LogP contribution >= 0.6 is 8.17 Å². The first-order chi connectivity index (χ1) is 16.8. The number of aryl methyl sites for hydroxylation is 1. The Kier molecular flexibility index (Phi) is 9.26. The molecule has 15 heteroatoms. The molecule has 3 rings (SSSR count). The van der Waals surface area contributed by atoms with E-state index in [1.807, 2.05) is 6.07 Å². The minimum atomic E-state index is -2.77. The molecule has 2 aromatic rings. The van der Waals surface area contributed by atoms with Crippen molar-refractivity contribution in [2.24, 2.45) is 9.86 Å². The number of H-pyrrole nitrogens is 1. The summed E-state index contributed by atoms with van der Waals surface area (Å²) < 4.78 is 20.3. The van der Waals surface area contributed by atoms with E-state index in [0.717, 1.165) is 5.56 Å². The van der Waals surface area contributed by atoms with Crippen LogP contribution in [0.15, 0.2) is 56.0 Å². The number of nitrogens with one attached hydrogen (secondary N) is 1. The maximum Gasteiger partial charge on any atom is 0.382 e. The van der Waals surface area contributed by atoms with E-state index in [1.54, 1.807) is 24.3 Å². The van der Waals surface area contributed by atoms with Crippen molar-refractivity contribution in [1.29, 1.82) is 0 Å². The van der Waals surface area contributed by atoms with Gasteiger partial charge in [-0.3, -0.25) is 14.3 Å². The zero-order chi connectivity index (χ0) is 25.4. The topological polar surface area (TPSA) is 193 Å². The van der Waals surface area contributed by atoms with Gasteiger partial charge in [0, 0.05) is 34.2 Å². The Morgan fingerprint density at radius 3 is 2.83 bits per heavy atom. The largest absolute Gasteiger partial charge is 0.581 e. The van der Waals surface area contributed by atoms with E-state index in [4.69, 9.17) is 24.6 Å². The zero-order valence-corrected chi connectivity index (χ0v) is 19.7. The van der Waals surface area contributed by atoms with Crippen molar-refractivity contribution in [3.8, 4) is 0 Å². The van der Waals surface area contributed by atoms with Crippen LogP contribution in [0.1, 0.15) is 23.8 Å². The van der Waals surface area contributed by atoms with Crippen LogP contribution in [0.2, 0.25) is 0 Å². The van der Waals surface area contributed by atoms with Crippen molar-refractivity contribution in [2.75, 3.05) is 13.7 Å². The molecule has 0 saturated carbocycles. The van der Waals surface area contributed by atoms with Gasteiger partial charge in [-0.1, -0.05) is 40.2 Å². The predicted molar refractivity (Wildman–Crippen MR) is 120 cm³/mol. The molecule has 2 heterocycles. The van der Waals surface area contributed by atoms with E-state index in [0.29, 0.717) is 5.56 Å². The number of aromatic nitrogens is 2. The summed E-state index contributed by atoms with van der Waals surface area (Å²) in [5.41, 5.74) is 8.73. The van der Waals surface area contributed by atoms with Crippen molar-refractivity contribution in [3.63, 3.8) is 0 Å². The van der Waals surface area contributed by atoms with Crippen molar-refractivity contribution >= 4 is 14.1 Å². The normalized spacial score (nSPS) is 20.8. The van der Waals surface area contributed by atoms with E-state index in [9.17, 15) is 19.3 Å². The van der Waals surface area contributed by atoms with Gasteiger partial charge in [-0.05, 0) is 18.0 Å². The highest BCUT2D eigenvalue weighted by atomic mass is 31.1. The molecule has 1 aliphatic heterocycles. The van der Waals surface area contributed by atoms with Gasteiger partial charge >= 0.3 is 19.8 Å². The summed E-state index contributed by atoms with van der Waals surface area (Å²) in [4.78, 5) is 58.0. The van der Waals surface area contributed by atoms with Crippen molar-refractivity contribution in [3.05, 3.63) is 78.9 Å². The standard InChI is InChI=1S/C20H23N6O8P/c1-12-10-26(20(29)22-18(12)27)17-9-14(23-25-21)16(33-17)11-32-34-35(30)24-15(19(28)31-2)8-13-6-4-3-5-7-13/h3-7,10,14-17H,8-9,11H2,1-2H3,(H,22,27,29)/t14?,15-,16?,17?/m0/s1. The van der Waals surface area contributed by atoms with Gasteiger partial charge < -0.3 is 14.4 Å². The second-order valence-corrected chi connectivity index (χ2v) is 8.41. The molecule has 1 aliphatic rings. The second-order valence-electron chi connectivity index (χ2n) is 7.56. The van der Waals surface area contributed by atoms with Gasteiger partial charge in [-0.2, -0.15) is 4.89 Å². The summed E-state index contributed by atoms with van der Waals surface area (Å²) in [5.74, 6) is -0.687. The molecule has 35 heavy (non-hydrogen) atoms. The number of aromatic amines is 1. The van der Waals surface area contributed by atoms with Gasteiger partial charge in [0.15, 0.2) is 6.04 Å². The Labute approximate surface area is 199 Å². The monoisotopic (exact) mass is 506 g/mol. The second kappa shape index (κ2) is 12.4. The first kappa shape index (κ1) is 26.2. The molecule has 1 aromatic carbocycles. The van der Waals surface area contributed by atoms with E-state index in [1.165, 1.54) is 24.8 Å². The SMILES string of the molecule is COC(=O)[C@H](Cc1ccccc1)N=[P+]([O-])OOCC1OC(n2cc(C)c(=O)[nH]c2=O)CC1N=[N+]=[N-]. The van der Waals surface area contributed by atoms with Gasteiger partial charge in [0.1, 0.15) is 12.8 Å². The summed E-state index contributed by atoms with van der Waals surface area (Å²) >= 11 is 0. The number of methoxy groups -OCH3 is 1. The average Bonchev–Trinajstić information content (AvgIpc) is 3.23. The van der Waals surface area contributed by atoms with E-state index < -0.39 is 49.8 Å². The van der Waals surface area contributed by atoms with Gasteiger partial charge in [-0.15, -0.1) is 0 Å². The lowest BCUT2D eigenvalue weighted by Crippen LogP contribution is -2.33. The summed E-state index contributed by atoms with van der Waals surface area (Å²) in [6.45, 7) is 1.22. The molecule has 4 unspecified atom stereocenters. The molecule has 0 bridgehead atoms. The van der Waals surface area contributed by atoms with Crippen LogP contribution < -0.4 is 16.1 Å². The summed E-state index contributed by atoms with van der Waals surface area (Å²) in [5, 5.41) is 3.65.